The normalized spacial score (nSPS) is 17.1. The first-order valence-corrected chi connectivity index (χ1v) is 7.81. The molecule has 1 saturated heterocycles. The molecule has 0 spiro atoms. The Balaban J connectivity index is 1.88. The van der Waals surface area contributed by atoms with Crippen molar-refractivity contribution in [1.29, 1.82) is 0 Å². The van der Waals surface area contributed by atoms with E-state index in [1.165, 1.54) is 15.8 Å². The first-order chi connectivity index (χ1) is 9.70. The average Bonchev–Trinajstić information content (AvgIpc) is 2.76. The number of rotatable bonds is 3. The fourth-order valence-corrected chi connectivity index (χ4v) is 3.72. The Morgan fingerprint density at radius 3 is 2.65 bits per heavy atom. The van der Waals surface area contributed by atoms with E-state index in [1.807, 2.05) is 0 Å². The summed E-state index contributed by atoms with van der Waals surface area (Å²) in [5.41, 5.74) is 1.30. The molecule has 0 amide bonds. The smallest absolute Gasteiger partial charge is 0.141 e. The maximum Gasteiger partial charge on any atom is 0.141 e. The van der Waals surface area contributed by atoms with E-state index in [0.717, 1.165) is 43.4 Å². The predicted octanol–water partition coefficient (Wildman–Crippen LogP) is 1.42. The zero-order chi connectivity index (χ0) is 14.1. The minimum Gasteiger partial charge on any atom is -0.395 e. The lowest BCUT2D eigenvalue weighted by Gasteiger charge is -2.35. The predicted molar refractivity (Wildman–Crippen MR) is 82.6 cm³/mol. The summed E-state index contributed by atoms with van der Waals surface area (Å²) in [6, 6.07) is 0. The third-order valence-electron chi connectivity index (χ3n) is 4.03. The highest BCUT2D eigenvalue weighted by Crippen LogP contribution is 2.34. The standard InChI is InChI=1S/C14H20N4OS/c1-10-11(2)20-14-12(10)13(15-9-16-14)18-5-3-17(4-6-18)7-8-19/h9,19H,3-8H2,1-2H3. The van der Waals surface area contributed by atoms with Gasteiger partial charge in [0.15, 0.2) is 0 Å². The second kappa shape index (κ2) is 5.63. The van der Waals surface area contributed by atoms with Crippen LogP contribution in [-0.2, 0) is 0 Å². The van der Waals surface area contributed by atoms with Crippen LogP contribution in [0.5, 0.6) is 0 Å². The van der Waals surface area contributed by atoms with Crippen LogP contribution in [0.25, 0.3) is 10.2 Å². The molecule has 0 aliphatic carbocycles. The maximum absolute atomic E-state index is 9.01. The van der Waals surface area contributed by atoms with Crippen LogP contribution in [0.3, 0.4) is 0 Å². The number of β-amino-alcohol motifs (C(OH)–C–C–N with tert-alkyl or cyclic N) is 1. The Morgan fingerprint density at radius 2 is 1.95 bits per heavy atom. The second-order valence-electron chi connectivity index (χ2n) is 5.21. The molecule has 1 aliphatic heterocycles. The molecular weight excluding hydrogens is 272 g/mol. The summed E-state index contributed by atoms with van der Waals surface area (Å²) in [7, 11) is 0. The van der Waals surface area contributed by atoms with Gasteiger partial charge in [-0.3, -0.25) is 4.90 Å². The van der Waals surface area contributed by atoms with Gasteiger partial charge < -0.3 is 10.0 Å². The molecule has 3 rings (SSSR count). The molecule has 1 aliphatic rings. The van der Waals surface area contributed by atoms with Gasteiger partial charge in [0.2, 0.25) is 0 Å². The molecule has 2 aromatic rings. The van der Waals surface area contributed by atoms with Crippen molar-refractivity contribution in [2.45, 2.75) is 13.8 Å². The highest BCUT2D eigenvalue weighted by Gasteiger charge is 2.21. The lowest BCUT2D eigenvalue weighted by Crippen LogP contribution is -2.47. The second-order valence-corrected chi connectivity index (χ2v) is 6.42. The summed E-state index contributed by atoms with van der Waals surface area (Å²) in [4.78, 5) is 16.0. The fourth-order valence-electron chi connectivity index (χ4n) is 2.73. The van der Waals surface area contributed by atoms with Gasteiger partial charge in [-0.05, 0) is 19.4 Å². The number of aliphatic hydroxyl groups is 1. The quantitative estimate of drug-likeness (QED) is 0.927. The Morgan fingerprint density at radius 1 is 1.20 bits per heavy atom. The van der Waals surface area contributed by atoms with Crippen molar-refractivity contribution in [2.24, 2.45) is 0 Å². The van der Waals surface area contributed by atoms with Crippen molar-refractivity contribution in [3.63, 3.8) is 0 Å². The van der Waals surface area contributed by atoms with Gasteiger partial charge in [-0.2, -0.15) is 0 Å². The average molecular weight is 292 g/mol. The van der Waals surface area contributed by atoms with Crippen LogP contribution in [0, 0.1) is 13.8 Å². The van der Waals surface area contributed by atoms with E-state index in [0.29, 0.717) is 0 Å². The van der Waals surface area contributed by atoms with Gasteiger partial charge in [-0.25, -0.2) is 9.97 Å². The van der Waals surface area contributed by atoms with Crippen LogP contribution in [0.15, 0.2) is 6.33 Å². The monoisotopic (exact) mass is 292 g/mol. The van der Waals surface area contributed by atoms with Gasteiger partial charge in [0.05, 0.1) is 12.0 Å². The van der Waals surface area contributed by atoms with Gasteiger partial charge in [-0.1, -0.05) is 0 Å². The zero-order valence-electron chi connectivity index (χ0n) is 12.0. The van der Waals surface area contributed by atoms with E-state index in [4.69, 9.17) is 5.11 Å². The summed E-state index contributed by atoms with van der Waals surface area (Å²) in [6.45, 7) is 9.18. The van der Waals surface area contributed by atoms with E-state index in [9.17, 15) is 0 Å². The molecule has 1 N–H and O–H groups in total. The summed E-state index contributed by atoms with van der Waals surface area (Å²) < 4.78 is 0. The van der Waals surface area contributed by atoms with Crippen molar-refractivity contribution < 1.29 is 5.11 Å². The molecule has 20 heavy (non-hydrogen) atoms. The summed E-state index contributed by atoms with van der Waals surface area (Å²) in [5.74, 6) is 1.07. The Kier molecular flexibility index (Phi) is 3.87. The van der Waals surface area contributed by atoms with Crippen molar-refractivity contribution >= 4 is 27.4 Å². The molecule has 108 valence electrons. The summed E-state index contributed by atoms with van der Waals surface area (Å²) in [5, 5.41) is 10.2. The molecule has 0 aromatic carbocycles. The van der Waals surface area contributed by atoms with Crippen molar-refractivity contribution in [2.75, 3.05) is 44.2 Å². The number of hydrogen-bond donors (Lipinski definition) is 1. The number of anilines is 1. The molecule has 0 atom stereocenters. The molecule has 0 bridgehead atoms. The van der Waals surface area contributed by atoms with Crippen LogP contribution in [0.1, 0.15) is 10.4 Å². The highest BCUT2D eigenvalue weighted by molar-refractivity contribution is 7.18. The van der Waals surface area contributed by atoms with Gasteiger partial charge in [0.1, 0.15) is 17.0 Å². The third-order valence-corrected chi connectivity index (χ3v) is 5.15. The first kappa shape index (κ1) is 13.7. The Labute approximate surface area is 122 Å². The fraction of sp³-hybridized carbons (Fsp3) is 0.571. The van der Waals surface area contributed by atoms with Gasteiger partial charge in [-0.15, -0.1) is 11.3 Å². The molecule has 5 nitrogen and oxygen atoms in total. The number of aromatic nitrogens is 2. The van der Waals surface area contributed by atoms with Crippen LogP contribution in [-0.4, -0.2) is 59.3 Å². The van der Waals surface area contributed by atoms with Crippen LogP contribution >= 0.6 is 11.3 Å². The van der Waals surface area contributed by atoms with Crippen LogP contribution < -0.4 is 4.90 Å². The van der Waals surface area contributed by atoms with Crippen molar-refractivity contribution in [3.8, 4) is 0 Å². The lowest BCUT2D eigenvalue weighted by atomic mass is 10.2. The number of aryl methyl sites for hydroxylation is 2. The lowest BCUT2D eigenvalue weighted by molar-refractivity contribution is 0.188. The molecule has 0 radical (unpaired) electrons. The number of piperazine rings is 1. The van der Waals surface area contributed by atoms with Crippen LogP contribution in [0.2, 0.25) is 0 Å². The number of thiophene rings is 1. The number of fused-ring (bicyclic) bond motifs is 1. The van der Waals surface area contributed by atoms with E-state index in [-0.39, 0.29) is 6.61 Å². The van der Waals surface area contributed by atoms with Gasteiger partial charge in [0, 0.05) is 37.6 Å². The van der Waals surface area contributed by atoms with Gasteiger partial charge in [0.25, 0.3) is 0 Å². The minimum absolute atomic E-state index is 0.237. The highest BCUT2D eigenvalue weighted by atomic mass is 32.1. The SMILES string of the molecule is Cc1sc2ncnc(N3CCN(CCO)CC3)c2c1C. The van der Waals surface area contributed by atoms with Crippen molar-refractivity contribution in [1.82, 2.24) is 14.9 Å². The van der Waals surface area contributed by atoms with Gasteiger partial charge >= 0.3 is 0 Å². The minimum atomic E-state index is 0.237. The third kappa shape index (κ3) is 2.39. The number of nitrogens with zero attached hydrogens (tertiary/aromatic N) is 4. The van der Waals surface area contributed by atoms with Crippen molar-refractivity contribution in [3.05, 3.63) is 16.8 Å². The number of aliphatic hydroxyl groups excluding tert-OH is 1. The Bertz CT molecular complexity index is 604. The zero-order valence-corrected chi connectivity index (χ0v) is 12.8. The molecule has 0 saturated carbocycles. The van der Waals surface area contributed by atoms with E-state index < -0.39 is 0 Å². The topological polar surface area (TPSA) is 52.5 Å². The molecule has 6 heteroatoms. The van der Waals surface area contributed by atoms with E-state index in [1.54, 1.807) is 17.7 Å². The molecule has 1 fully saturated rings. The molecule has 3 heterocycles. The summed E-state index contributed by atoms with van der Waals surface area (Å²) in [6.07, 6.45) is 1.67. The molecular formula is C14H20N4OS. The van der Waals surface area contributed by atoms with Crippen LogP contribution in [0.4, 0.5) is 5.82 Å². The Hall–Kier alpha value is -1.24. The molecule has 2 aromatic heterocycles. The summed E-state index contributed by atoms with van der Waals surface area (Å²) >= 11 is 1.74. The number of hydrogen-bond acceptors (Lipinski definition) is 6. The first-order valence-electron chi connectivity index (χ1n) is 6.99. The van der Waals surface area contributed by atoms with E-state index in [2.05, 4.69) is 33.6 Å². The largest absolute Gasteiger partial charge is 0.395 e. The van der Waals surface area contributed by atoms with E-state index >= 15 is 0 Å². The molecule has 0 unspecified atom stereocenters. The maximum atomic E-state index is 9.01.